The first kappa shape index (κ1) is 18.6. The van der Waals surface area contributed by atoms with Crippen LogP contribution in [0.25, 0.3) is 0 Å². The Hall–Kier alpha value is -0.730. The molecule has 0 radical (unpaired) electrons. The van der Waals surface area contributed by atoms with Crippen molar-refractivity contribution in [2.45, 2.75) is 77.3 Å². The molecule has 5 fully saturated rings. The number of carbonyl (C=O) groups is 1. The standard InChI is InChI=1S/C19H30O7/c1-5-21-15(20)10-22-16-12(3)14-7-6-11(2)13-8-9-18(4)24-17(23-16)19(13,14)26-25-18/h11-14,16-17H,5-10H2,1-4H3/t11-,12-,13+,14+,16?,17-,18-,19-/m1/s1. The summed E-state index contributed by atoms with van der Waals surface area (Å²) in [5.74, 6) is -0.0847. The summed E-state index contributed by atoms with van der Waals surface area (Å²) in [7, 11) is 0. The van der Waals surface area contributed by atoms with Crippen LogP contribution >= 0.6 is 0 Å². The van der Waals surface area contributed by atoms with Gasteiger partial charge in [0.2, 0.25) is 5.79 Å². The minimum Gasteiger partial charge on any atom is -0.464 e. The summed E-state index contributed by atoms with van der Waals surface area (Å²) in [6, 6.07) is 0. The molecule has 1 spiro atoms. The largest absolute Gasteiger partial charge is 0.464 e. The minimum atomic E-state index is -0.802. The molecule has 4 aliphatic heterocycles. The highest BCUT2D eigenvalue weighted by molar-refractivity contribution is 5.70. The van der Waals surface area contributed by atoms with Gasteiger partial charge in [0.05, 0.1) is 6.61 Å². The van der Waals surface area contributed by atoms with Gasteiger partial charge in [-0.2, -0.15) is 0 Å². The lowest BCUT2D eigenvalue weighted by Crippen LogP contribution is -2.70. The average molecular weight is 370 g/mol. The van der Waals surface area contributed by atoms with Gasteiger partial charge in [-0.1, -0.05) is 13.8 Å². The molecular formula is C19H30O7. The number of esters is 1. The first-order valence-electron chi connectivity index (χ1n) is 9.87. The molecule has 1 saturated carbocycles. The van der Waals surface area contributed by atoms with Crippen LogP contribution in [0.5, 0.6) is 0 Å². The molecule has 4 heterocycles. The summed E-state index contributed by atoms with van der Waals surface area (Å²) >= 11 is 0. The maximum atomic E-state index is 11.7. The van der Waals surface area contributed by atoms with Crippen LogP contribution in [-0.4, -0.2) is 43.2 Å². The molecule has 5 aliphatic rings. The number of ether oxygens (including phenoxy) is 4. The number of hydrogen-bond donors (Lipinski definition) is 0. The zero-order valence-corrected chi connectivity index (χ0v) is 16.1. The molecule has 0 aromatic heterocycles. The van der Waals surface area contributed by atoms with E-state index in [0.29, 0.717) is 18.4 Å². The van der Waals surface area contributed by atoms with E-state index in [1.807, 2.05) is 6.92 Å². The lowest BCUT2D eigenvalue weighted by Gasteiger charge is -2.60. The fourth-order valence-corrected chi connectivity index (χ4v) is 5.42. The third kappa shape index (κ3) is 2.79. The van der Waals surface area contributed by atoms with Gasteiger partial charge in [0.1, 0.15) is 6.61 Å². The van der Waals surface area contributed by atoms with Crippen LogP contribution in [0.4, 0.5) is 0 Å². The van der Waals surface area contributed by atoms with Crippen molar-refractivity contribution < 1.29 is 33.5 Å². The molecule has 2 bridgehead atoms. The molecule has 5 rings (SSSR count). The Labute approximate surface area is 154 Å². The monoisotopic (exact) mass is 370 g/mol. The van der Waals surface area contributed by atoms with Crippen molar-refractivity contribution in [2.24, 2.45) is 23.7 Å². The molecule has 0 aromatic rings. The van der Waals surface area contributed by atoms with E-state index in [1.165, 1.54) is 0 Å². The second-order valence-electron chi connectivity index (χ2n) is 8.39. The maximum absolute atomic E-state index is 11.7. The van der Waals surface area contributed by atoms with Crippen LogP contribution in [0.15, 0.2) is 0 Å². The molecule has 7 heteroatoms. The summed E-state index contributed by atoms with van der Waals surface area (Å²) in [5, 5.41) is 0. The second kappa shape index (κ2) is 6.71. The van der Waals surface area contributed by atoms with Gasteiger partial charge in [0.15, 0.2) is 18.2 Å². The molecule has 0 amide bonds. The quantitative estimate of drug-likeness (QED) is 0.556. The van der Waals surface area contributed by atoms with Gasteiger partial charge in [-0.25, -0.2) is 14.6 Å². The van der Waals surface area contributed by atoms with Gasteiger partial charge < -0.3 is 18.9 Å². The fourth-order valence-electron chi connectivity index (χ4n) is 5.42. The molecule has 0 N–H and O–H groups in total. The number of hydrogen-bond acceptors (Lipinski definition) is 7. The van der Waals surface area contributed by atoms with Crippen molar-refractivity contribution in [1.29, 1.82) is 0 Å². The highest BCUT2D eigenvalue weighted by atomic mass is 17.3. The third-order valence-corrected chi connectivity index (χ3v) is 6.77. The summed E-state index contributed by atoms with van der Waals surface area (Å²) in [6.45, 7) is 8.27. The predicted octanol–water partition coefficient (Wildman–Crippen LogP) is 2.77. The molecule has 8 atom stereocenters. The van der Waals surface area contributed by atoms with Crippen molar-refractivity contribution in [3.63, 3.8) is 0 Å². The van der Waals surface area contributed by atoms with E-state index in [9.17, 15) is 4.79 Å². The smallest absolute Gasteiger partial charge is 0.332 e. The highest BCUT2D eigenvalue weighted by Gasteiger charge is 2.69. The van der Waals surface area contributed by atoms with Crippen molar-refractivity contribution in [3.8, 4) is 0 Å². The van der Waals surface area contributed by atoms with Gasteiger partial charge in [-0.05, 0) is 44.9 Å². The van der Waals surface area contributed by atoms with E-state index in [-0.39, 0.29) is 24.4 Å². The zero-order valence-electron chi connectivity index (χ0n) is 16.1. The average Bonchev–Trinajstić information content (AvgIpc) is 2.83. The molecule has 148 valence electrons. The highest BCUT2D eigenvalue weighted by Crippen LogP contribution is 2.60. The molecule has 7 nitrogen and oxygen atoms in total. The Kier molecular flexibility index (Phi) is 4.80. The first-order valence-corrected chi connectivity index (χ1v) is 9.87. The Bertz CT molecular complexity index is 554. The van der Waals surface area contributed by atoms with E-state index >= 15 is 0 Å². The van der Waals surface area contributed by atoms with Crippen molar-refractivity contribution in [3.05, 3.63) is 0 Å². The van der Waals surface area contributed by atoms with E-state index in [2.05, 4.69) is 13.8 Å². The third-order valence-electron chi connectivity index (χ3n) is 6.77. The predicted molar refractivity (Wildman–Crippen MR) is 89.4 cm³/mol. The summed E-state index contributed by atoms with van der Waals surface area (Å²) in [5.41, 5.74) is -0.600. The number of fused-ring (bicyclic) bond motifs is 2. The van der Waals surface area contributed by atoms with E-state index in [1.54, 1.807) is 6.92 Å². The van der Waals surface area contributed by atoms with Crippen LogP contribution in [0.1, 0.15) is 53.4 Å². The van der Waals surface area contributed by atoms with Gasteiger partial charge in [-0.15, -0.1) is 0 Å². The van der Waals surface area contributed by atoms with E-state index in [0.717, 1.165) is 25.7 Å². The minimum absolute atomic E-state index is 0.0605. The molecule has 0 aromatic carbocycles. The van der Waals surface area contributed by atoms with Gasteiger partial charge in [-0.3, -0.25) is 0 Å². The molecule has 26 heavy (non-hydrogen) atoms. The zero-order chi connectivity index (χ0) is 18.5. The molecule has 4 saturated heterocycles. The van der Waals surface area contributed by atoms with Gasteiger partial charge in [0.25, 0.3) is 0 Å². The van der Waals surface area contributed by atoms with Crippen molar-refractivity contribution in [1.82, 2.24) is 0 Å². The van der Waals surface area contributed by atoms with E-state index in [4.69, 9.17) is 28.7 Å². The van der Waals surface area contributed by atoms with Crippen LogP contribution in [0.3, 0.4) is 0 Å². The Morgan fingerprint density at radius 3 is 2.73 bits per heavy atom. The second-order valence-corrected chi connectivity index (χ2v) is 8.39. The maximum Gasteiger partial charge on any atom is 0.332 e. The summed E-state index contributed by atoms with van der Waals surface area (Å²) in [6.07, 6.45) is 2.83. The topological polar surface area (TPSA) is 72.5 Å². The van der Waals surface area contributed by atoms with Gasteiger partial charge >= 0.3 is 5.97 Å². The van der Waals surface area contributed by atoms with Crippen LogP contribution in [0.2, 0.25) is 0 Å². The lowest BCUT2D eigenvalue weighted by molar-refractivity contribution is -0.577. The first-order chi connectivity index (χ1) is 12.4. The fraction of sp³-hybridized carbons (Fsp3) is 0.947. The van der Waals surface area contributed by atoms with Gasteiger partial charge in [0, 0.05) is 18.3 Å². The Morgan fingerprint density at radius 1 is 1.15 bits per heavy atom. The summed E-state index contributed by atoms with van der Waals surface area (Å²) < 4.78 is 23.2. The van der Waals surface area contributed by atoms with Crippen molar-refractivity contribution in [2.75, 3.05) is 13.2 Å². The normalized spacial score (nSPS) is 50.0. The number of rotatable bonds is 4. The Balaban J connectivity index is 1.59. The SMILES string of the molecule is CCOC(=O)COC1O[C@@H]2O[C@@]3(C)CC[C@H]4[C@H](C)CC[C@@H]([C@H]1C)[C@@]24OO3. The van der Waals surface area contributed by atoms with Crippen LogP contribution < -0.4 is 0 Å². The molecule has 1 aliphatic carbocycles. The number of carbonyl (C=O) groups excluding carboxylic acids is 1. The molecular weight excluding hydrogens is 340 g/mol. The van der Waals surface area contributed by atoms with Crippen LogP contribution in [0, 0.1) is 23.7 Å². The Morgan fingerprint density at radius 2 is 1.96 bits per heavy atom. The lowest BCUT2D eigenvalue weighted by atomic mass is 9.58. The summed E-state index contributed by atoms with van der Waals surface area (Å²) in [4.78, 5) is 23.5. The molecule has 1 unspecified atom stereocenters. The van der Waals surface area contributed by atoms with Crippen LogP contribution in [-0.2, 0) is 33.5 Å². The van der Waals surface area contributed by atoms with Crippen molar-refractivity contribution >= 4 is 5.97 Å². The van der Waals surface area contributed by atoms with E-state index < -0.39 is 24.0 Å².